The molecule has 0 bridgehead atoms. The Bertz CT molecular complexity index is 478. The highest BCUT2D eigenvalue weighted by Gasteiger charge is 2.12. The molecular formula is C13H11BrCl2S. The molecule has 1 aromatic heterocycles. The van der Waals surface area contributed by atoms with Crippen LogP contribution in [0.15, 0.2) is 40.9 Å². The molecule has 1 heterocycles. The number of hydrogen-bond donors (Lipinski definition) is 0. The lowest BCUT2D eigenvalue weighted by atomic mass is 9.97. The molecule has 1 atom stereocenters. The van der Waals surface area contributed by atoms with Crippen LogP contribution in [0.1, 0.15) is 16.4 Å². The Balaban J connectivity index is 2.13. The lowest BCUT2D eigenvalue weighted by Crippen LogP contribution is -2.03. The van der Waals surface area contributed by atoms with Crippen LogP contribution in [0.2, 0.25) is 4.34 Å². The van der Waals surface area contributed by atoms with E-state index in [2.05, 4.69) is 46.3 Å². The largest absolute Gasteiger partial charge is 0.128 e. The summed E-state index contributed by atoms with van der Waals surface area (Å²) >= 11 is 17.1. The first kappa shape index (κ1) is 13.4. The van der Waals surface area contributed by atoms with Crippen molar-refractivity contribution < 1.29 is 0 Å². The SMILES string of the molecule is ClCC(Cc1ccc(Cl)s1)c1ccc(Br)cc1. The predicted molar refractivity (Wildman–Crippen MR) is 80.6 cm³/mol. The van der Waals surface area contributed by atoms with Crippen LogP contribution in [0.5, 0.6) is 0 Å². The van der Waals surface area contributed by atoms with E-state index in [1.54, 1.807) is 11.3 Å². The van der Waals surface area contributed by atoms with Crippen LogP contribution in [-0.4, -0.2) is 5.88 Å². The number of thiophene rings is 1. The van der Waals surface area contributed by atoms with Gasteiger partial charge in [0.05, 0.1) is 4.34 Å². The Morgan fingerprint density at radius 2 is 1.82 bits per heavy atom. The van der Waals surface area contributed by atoms with Crippen molar-refractivity contribution in [2.45, 2.75) is 12.3 Å². The van der Waals surface area contributed by atoms with E-state index < -0.39 is 0 Å². The molecule has 0 saturated heterocycles. The monoisotopic (exact) mass is 348 g/mol. The summed E-state index contributed by atoms with van der Waals surface area (Å²) in [7, 11) is 0. The Kier molecular flexibility index (Phi) is 4.92. The Hall–Kier alpha value is -0.0200. The van der Waals surface area contributed by atoms with Crippen molar-refractivity contribution in [3.05, 3.63) is 55.6 Å². The number of hydrogen-bond acceptors (Lipinski definition) is 1. The van der Waals surface area contributed by atoms with E-state index in [-0.39, 0.29) is 0 Å². The first-order chi connectivity index (χ1) is 8.19. The quantitative estimate of drug-likeness (QED) is 0.618. The topological polar surface area (TPSA) is 0 Å². The van der Waals surface area contributed by atoms with Crippen LogP contribution >= 0.6 is 50.5 Å². The summed E-state index contributed by atoms with van der Waals surface area (Å²) in [6.07, 6.45) is 0.947. The number of halogens is 3. The number of alkyl halides is 1. The molecule has 0 aliphatic heterocycles. The molecule has 0 nitrogen and oxygen atoms in total. The summed E-state index contributed by atoms with van der Waals surface area (Å²) in [5.74, 6) is 0.969. The van der Waals surface area contributed by atoms with Crippen molar-refractivity contribution in [2.75, 3.05) is 5.88 Å². The van der Waals surface area contributed by atoms with Gasteiger partial charge in [0.15, 0.2) is 0 Å². The average Bonchev–Trinajstić information content (AvgIpc) is 2.73. The maximum Gasteiger partial charge on any atom is 0.0931 e. The maximum absolute atomic E-state index is 6.06. The van der Waals surface area contributed by atoms with Gasteiger partial charge in [-0.15, -0.1) is 22.9 Å². The van der Waals surface area contributed by atoms with E-state index in [4.69, 9.17) is 23.2 Å². The fourth-order valence-electron chi connectivity index (χ4n) is 1.70. The summed E-state index contributed by atoms with van der Waals surface area (Å²) in [5.41, 5.74) is 1.27. The van der Waals surface area contributed by atoms with Crippen LogP contribution in [0, 0.1) is 0 Å². The number of benzene rings is 1. The van der Waals surface area contributed by atoms with Crippen molar-refractivity contribution in [1.29, 1.82) is 0 Å². The molecule has 2 aromatic rings. The lowest BCUT2D eigenvalue weighted by molar-refractivity contribution is 0.776. The molecule has 0 saturated carbocycles. The Morgan fingerprint density at radius 1 is 1.12 bits per heavy atom. The summed E-state index contributed by atoms with van der Waals surface area (Å²) in [6.45, 7) is 0. The fraction of sp³-hybridized carbons (Fsp3) is 0.231. The first-order valence-corrected chi connectivity index (χ1v) is 7.77. The molecule has 0 spiro atoms. The Morgan fingerprint density at radius 3 is 2.35 bits per heavy atom. The highest BCUT2D eigenvalue weighted by Crippen LogP contribution is 2.29. The average molecular weight is 350 g/mol. The van der Waals surface area contributed by atoms with Gasteiger partial charge in [0.1, 0.15) is 0 Å². The van der Waals surface area contributed by atoms with E-state index in [0.717, 1.165) is 15.2 Å². The van der Waals surface area contributed by atoms with E-state index in [1.165, 1.54) is 10.4 Å². The first-order valence-electron chi connectivity index (χ1n) is 5.24. The minimum absolute atomic E-state index is 0.347. The molecule has 0 aliphatic carbocycles. The van der Waals surface area contributed by atoms with Crippen molar-refractivity contribution in [3.63, 3.8) is 0 Å². The third-order valence-electron chi connectivity index (χ3n) is 2.60. The zero-order valence-corrected chi connectivity index (χ0v) is 12.9. The second-order valence-corrected chi connectivity index (χ2v) is 6.84. The summed E-state index contributed by atoms with van der Waals surface area (Å²) in [5, 5.41) is 0. The van der Waals surface area contributed by atoms with Crippen molar-refractivity contribution in [3.8, 4) is 0 Å². The van der Waals surface area contributed by atoms with Gasteiger partial charge in [-0.3, -0.25) is 0 Å². The molecular weight excluding hydrogens is 339 g/mol. The minimum Gasteiger partial charge on any atom is -0.128 e. The maximum atomic E-state index is 6.06. The van der Waals surface area contributed by atoms with Gasteiger partial charge in [0.25, 0.3) is 0 Å². The van der Waals surface area contributed by atoms with Crippen molar-refractivity contribution >= 4 is 50.5 Å². The summed E-state index contributed by atoms with van der Waals surface area (Å²) < 4.78 is 1.93. The fourth-order valence-corrected chi connectivity index (χ4v) is 3.42. The van der Waals surface area contributed by atoms with Gasteiger partial charge in [0.2, 0.25) is 0 Å². The molecule has 90 valence electrons. The molecule has 2 rings (SSSR count). The number of rotatable bonds is 4. The van der Waals surface area contributed by atoms with Crippen LogP contribution in [0.25, 0.3) is 0 Å². The molecule has 1 aromatic carbocycles. The molecule has 0 aliphatic rings. The highest BCUT2D eigenvalue weighted by atomic mass is 79.9. The van der Waals surface area contributed by atoms with Gasteiger partial charge >= 0.3 is 0 Å². The normalized spacial score (nSPS) is 12.6. The van der Waals surface area contributed by atoms with Gasteiger partial charge in [-0.05, 0) is 36.2 Å². The van der Waals surface area contributed by atoms with Gasteiger partial charge in [0, 0.05) is 21.1 Å². The second kappa shape index (κ2) is 6.24. The van der Waals surface area contributed by atoms with E-state index in [0.29, 0.717) is 11.8 Å². The standard InChI is InChI=1S/C13H11BrCl2S/c14-11-3-1-9(2-4-11)10(8-15)7-12-5-6-13(16)17-12/h1-6,10H,7-8H2. The zero-order valence-electron chi connectivity index (χ0n) is 9.00. The highest BCUT2D eigenvalue weighted by molar-refractivity contribution is 9.10. The van der Waals surface area contributed by atoms with Gasteiger partial charge in [-0.1, -0.05) is 39.7 Å². The zero-order chi connectivity index (χ0) is 12.3. The summed E-state index contributed by atoms with van der Waals surface area (Å²) in [6, 6.07) is 12.4. The van der Waals surface area contributed by atoms with Gasteiger partial charge in [-0.2, -0.15) is 0 Å². The molecule has 17 heavy (non-hydrogen) atoms. The Labute approximate surface area is 124 Å². The summed E-state index contributed by atoms with van der Waals surface area (Å²) in [4.78, 5) is 1.28. The van der Waals surface area contributed by atoms with E-state index in [1.807, 2.05) is 6.07 Å². The van der Waals surface area contributed by atoms with Crippen LogP contribution < -0.4 is 0 Å². The molecule has 0 N–H and O–H groups in total. The molecule has 4 heteroatoms. The van der Waals surface area contributed by atoms with Crippen LogP contribution in [-0.2, 0) is 6.42 Å². The molecule has 1 unspecified atom stereocenters. The minimum atomic E-state index is 0.347. The molecule has 0 radical (unpaired) electrons. The van der Waals surface area contributed by atoms with E-state index >= 15 is 0 Å². The third-order valence-corrected chi connectivity index (χ3v) is 4.76. The molecule has 0 amide bonds. The van der Waals surface area contributed by atoms with Crippen molar-refractivity contribution in [1.82, 2.24) is 0 Å². The molecule has 0 fully saturated rings. The van der Waals surface area contributed by atoms with E-state index in [9.17, 15) is 0 Å². The van der Waals surface area contributed by atoms with Crippen LogP contribution in [0.4, 0.5) is 0 Å². The van der Waals surface area contributed by atoms with Crippen LogP contribution in [0.3, 0.4) is 0 Å². The second-order valence-electron chi connectivity index (χ2n) is 3.81. The smallest absolute Gasteiger partial charge is 0.0931 e. The lowest BCUT2D eigenvalue weighted by Gasteiger charge is -2.13. The van der Waals surface area contributed by atoms with Gasteiger partial charge in [-0.25, -0.2) is 0 Å². The van der Waals surface area contributed by atoms with Crippen molar-refractivity contribution in [2.24, 2.45) is 0 Å². The third kappa shape index (κ3) is 3.72. The predicted octanol–water partition coefficient (Wildman–Crippen LogP) is 5.73. The van der Waals surface area contributed by atoms with Gasteiger partial charge < -0.3 is 0 Å².